The maximum Gasteiger partial charge on any atom is 0.340 e. The molecule has 0 aliphatic rings. The van der Waals surface area contributed by atoms with E-state index in [9.17, 15) is 4.79 Å². The lowest BCUT2D eigenvalue weighted by Gasteiger charge is -2.05. The molecule has 0 saturated heterocycles. The van der Waals surface area contributed by atoms with Crippen molar-refractivity contribution in [3.8, 4) is 5.75 Å². The second-order valence-electron chi connectivity index (χ2n) is 5.13. The molecule has 1 N–H and O–H groups in total. The van der Waals surface area contributed by atoms with E-state index in [1.807, 2.05) is 0 Å². The molecular formula is C16H26O3S. The van der Waals surface area contributed by atoms with Crippen LogP contribution in [0.4, 0.5) is 0 Å². The fraction of sp³-hybridized carbons (Fsp3) is 0.688. The van der Waals surface area contributed by atoms with Gasteiger partial charge in [0.05, 0.1) is 6.61 Å². The zero-order valence-electron chi connectivity index (χ0n) is 12.4. The highest BCUT2D eigenvalue weighted by molar-refractivity contribution is 7.08. The van der Waals surface area contributed by atoms with E-state index in [1.54, 1.807) is 10.8 Å². The highest BCUT2D eigenvalue weighted by atomic mass is 32.1. The van der Waals surface area contributed by atoms with Gasteiger partial charge >= 0.3 is 5.97 Å². The van der Waals surface area contributed by atoms with Crippen LogP contribution in [0.15, 0.2) is 10.8 Å². The zero-order valence-corrected chi connectivity index (χ0v) is 13.2. The van der Waals surface area contributed by atoms with E-state index < -0.39 is 5.97 Å². The third-order valence-corrected chi connectivity index (χ3v) is 4.08. The maximum atomic E-state index is 10.9. The smallest absolute Gasteiger partial charge is 0.340 e. The fourth-order valence-electron chi connectivity index (χ4n) is 2.15. The molecule has 1 heterocycles. The molecule has 1 aromatic heterocycles. The number of thiophene rings is 1. The Labute approximate surface area is 126 Å². The van der Waals surface area contributed by atoms with Crippen LogP contribution in [-0.2, 0) is 0 Å². The molecule has 0 amide bonds. The first-order chi connectivity index (χ1) is 9.75. The van der Waals surface area contributed by atoms with Crippen LogP contribution in [0.25, 0.3) is 0 Å². The van der Waals surface area contributed by atoms with E-state index in [-0.39, 0.29) is 5.56 Å². The Balaban J connectivity index is 1.97. The predicted molar refractivity (Wildman–Crippen MR) is 84.0 cm³/mol. The van der Waals surface area contributed by atoms with Crippen molar-refractivity contribution in [1.29, 1.82) is 0 Å². The number of rotatable bonds is 12. The van der Waals surface area contributed by atoms with Crippen molar-refractivity contribution in [3.63, 3.8) is 0 Å². The van der Waals surface area contributed by atoms with Gasteiger partial charge in [-0.1, -0.05) is 58.3 Å². The number of aromatic carboxylic acids is 1. The van der Waals surface area contributed by atoms with Crippen LogP contribution in [0, 0.1) is 0 Å². The summed E-state index contributed by atoms with van der Waals surface area (Å²) in [6.07, 6.45) is 11.5. The number of carboxylic acids is 1. The molecule has 1 aromatic rings. The zero-order chi connectivity index (χ0) is 14.6. The van der Waals surface area contributed by atoms with E-state index in [1.165, 1.54) is 62.7 Å². The number of hydrogen-bond donors (Lipinski definition) is 1. The lowest BCUT2D eigenvalue weighted by molar-refractivity contribution is 0.0693. The lowest BCUT2D eigenvalue weighted by Crippen LogP contribution is -2.02. The van der Waals surface area contributed by atoms with Gasteiger partial charge < -0.3 is 9.84 Å². The van der Waals surface area contributed by atoms with E-state index in [0.29, 0.717) is 12.4 Å². The minimum absolute atomic E-state index is 0.283. The van der Waals surface area contributed by atoms with Crippen molar-refractivity contribution in [3.05, 3.63) is 16.3 Å². The molecule has 4 heteroatoms. The average Bonchev–Trinajstić information content (AvgIpc) is 2.89. The summed E-state index contributed by atoms with van der Waals surface area (Å²) in [6, 6.07) is 0. The third kappa shape index (κ3) is 6.94. The largest absolute Gasteiger partial charge is 0.492 e. The summed E-state index contributed by atoms with van der Waals surface area (Å²) in [4.78, 5) is 10.9. The molecule has 0 bridgehead atoms. The molecule has 0 aliphatic carbocycles. The Morgan fingerprint density at radius 3 is 2.25 bits per heavy atom. The number of unbranched alkanes of at least 4 members (excludes halogenated alkanes) is 8. The number of carbonyl (C=O) groups is 1. The van der Waals surface area contributed by atoms with Crippen LogP contribution < -0.4 is 4.74 Å². The summed E-state index contributed by atoms with van der Waals surface area (Å²) in [5.74, 6) is -0.393. The second-order valence-corrected chi connectivity index (χ2v) is 5.88. The first-order valence-corrected chi connectivity index (χ1v) is 8.62. The first-order valence-electron chi connectivity index (χ1n) is 7.68. The van der Waals surface area contributed by atoms with Crippen molar-refractivity contribution < 1.29 is 14.6 Å². The monoisotopic (exact) mass is 298 g/mol. The Hall–Kier alpha value is -1.03. The lowest BCUT2D eigenvalue weighted by atomic mass is 10.1. The Kier molecular flexibility index (Phi) is 9.13. The molecule has 3 nitrogen and oxygen atoms in total. The van der Waals surface area contributed by atoms with Gasteiger partial charge in [0, 0.05) is 10.8 Å². The number of ether oxygens (including phenoxy) is 1. The van der Waals surface area contributed by atoms with Crippen LogP contribution >= 0.6 is 11.3 Å². The van der Waals surface area contributed by atoms with Gasteiger partial charge in [-0.25, -0.2) is 4.79 Å². The summed E-state index contributed by atoms with van der Waals surface area (Å²) >= 11 is 1.37. The van der Waals surface area contributed by atoms with Crippen molar-refractivity contribution in [1.82, 2.24) is 0 Å². The molecular weight excluding hydrogens is 272 g/mol. The minimum atomic E-state index is -0.909. The molecule has 20 heavy (non-hydrogen) atoms. The molecule has 114 valence electrons. The predicted octanol–water partition coefficient (Wildman–Crippen LogP) is 5.36. The van der Waals surface area contributed by atoms with Gasteiger partial charge in [0.1, 0.15) is 11.3 Å². The second kappa shape index (κ2) is 10.7. The van der Waals surface area contributed by atoms with E-state index in [2.05, 4.69) is 6.92 Å². The summed E-state index contributed by atoms with van der Waals surface area (Å²) in [5.41, 5.74) is 0.283. The topological polar surface area (TPSA) is 46.5 Å². The standard InChI is InChI=1S/C16H26O3S/c1-2-3-4-5-6-7-8-9-10-11-19-15-13-20-12-14(15)16(17)18/h12-13H,2-11H2,1H3,(H,17,18). The van der Waals surface area contributed by atoms with Gasteiger partial charge in [0.15, 0.2) is 0 Å². The Morgan fingerprint density at radius 2 is 1.65 bits per heavy atom. The Bertz CT molecular complexity index is 374. The quantitative estimate of drug-likeness (QED) is 0.529. The van der Waals surface area contributed by atoms with Gasteiger partial charge in [-0.2, -0.15) is 0 Å². The number of hydrogen-bond acceptors (Lipinski definition) is 3. The maximum absolute atomic E-state index is 10.9. The fourth-order valence-corrected chi connectivity index (χ4v) is 2.89. The van der Waals surface area contributed by atoms with Gasteiger partial charge in [-0.3, -0.25) is 0 Å². The van der Waals surface area contributed by atoms with Gasteiger partial charge in [0.2, 0.25) is 0 Å². The summed E-state index contributed by atoms with van der Waals surface area (Å²) in [6.45, 7) is 2.86. The van der Waals surface area contributed by atoms with Crippen molar-refractivity contribution in [2.24, 2.45) is 0 Å². The van der Waals surface area contributed by atoms with Crippen molar-refractivity contribution in [2.45, 2.75) is 64.7 Å². The van der Waals surface area contributed by atoms with Crippen LogP contribution in [-0.4, -0.2) is 17.7 Å². The molecule has 0 radical (unpaired) electrons. The van der Waals surface area contributed by atoms with Gasteiger partial charge in [0.25, 0.3) is 0 Å². The summed E-state index contributed by atoms with van der Waals surface area (Å²) in [5, 5.41) is 12.3. The molecule has 0 spiro atoms. The molecule has 0 saturated carbocycles. The molecule has 1 rings (SSSR count). The number of carboxylic acid groups (broad SMARTS) is 1. The van der Waals surface area contributed by atoms with Crippen molar-refractivity contribution in [2.75, 3.05) is 6.61 Å². The van der Waals surface area contributed by atoms with E-state index in [4.69, 9.17) is 9.84 Å². The Morgan fingerprint density at radius 1 is 1.05 bits per heavy atom. The molecule has 0 fully saturated rings. The average molecular weight is 298 g/mol. The van der Waals surface area contributed by atoms with Crippen LogP contribution in [0.2, 0.25) is 0 Å². The molecule has 0 aromatic carbocycles. The molecule has 0 atom stereocenters. The SMILES string of the molecule is CCCCCCCCCCCOc1cscc1C(=O)O. The summed E-state index contributed by atoms with van der Waals surface area (Å²) in [7, 11) is 0. The van der Waals surface area contributed by atoms with Gasteiger partial charge in [-0.05, 0) is 6.42 Å². The van der Waals surface area contributed by atoms with Crippen LogP contribution in [0.1, 0.15) is 75.1 Å². The molecule has 0 unspecified atom stereocenters. The highest BCUT2D eigenvalue weighted by Crippen LogP contribution is 2.23. The van der Waals surface area contributed by atoms with Crippen LogP contribution in [0.5, 0.6) is 5.75 Å². The summed E-state index contributed by atoms with van der Waals surface area (Å²) < 4.78 is 5.53. The molecule has 0 aliphatic heterocycles. The van der Waals surface area contributed by atoms with E-state index >= 15 is 0 Å². The first kappa shape index (κ1) is 17.0. The van der Waals surface area contributed by atoms with E-state index in [0.717, 1.165) is 6.42 Å². The van der Waals surface area contributed by atoms with Crippen LogP contribution in [0.3, 0.4) is 0 Å². The third-order valence-electron chi connectivity index (χ3n) is 3.36. The highest BCUT2D eigenvalue weighted by Gasteiger charge is 2.11. The van der Waals surface area contributed by atoms with Crippen molar-refractivity contribution >= 4 is 17.3 Å². The van der Waals surface area contributed by atoms with Gasteiger partial charge in [-0.15, -0.1) is 11.3 Å². The normalized spacial score (nSPS) is 10.7. The minimum Gasteiger partial charge on any atom is -0.492 e.